The summed E-state index contributed by atoms with van der Waals surface area (Å²) in [6, 6.07) is 7.76. The normalized spacial score (nSPS) is 24.7. The van der Waals surface area contributed by atoms with Crippen LogP contribution in [0.25, 0.3) is 0 Å². The quantitative estimate of drug-likeness (QED) is 0.723. The van der Waals surface area contributed by atoms with E-state index in [1.165, 1.54) is 0 Å². The highest BCUT2D eigenvalue weighted by atomic mass is 16.8. The Hall–Kier alpha value is -1.62. The van der Waals surface area contributed by atoms with Crippen molar-refractivity contribution < 1.29 is 18.9 Å². The maximum atomic E-state index is 5.95. The summed E-state index contributed by atoms with van der Waals surface area (Å²) in [6.45, 7) is 11.9. The molecule has 0 aromatic heterocycles. The van der Waals surface area contributed by atoms with Gasteiger partial charge in [-0.25, -0.2) is 0 Å². The zero-order valence-electron chi connectivity index (χ0n) is 13.5. The minimum Gasteiger partial charge on any atom is -0.497 e. The van der Waals surface area contributed by atoms with E-state index in [-0.39, 0.29) is 18.3 Å². The van der Waals surface area contributed by atoms with E-state index in [1.54, 1.807) is 19.3 Å². The van der Waals surface area contributed by atoms with Gasteiger partial charge >= 0.3 is 0 Å². The first-order chi connectivity index (χ1) is 10.5. The van der Waals surface area contributed by atoms with Crippen LogP contribution < -0.4 is 4.74 Å². The van der Waals surface area contributed by atoms with E-state index in [4.69, 9.17) is 18.9 Å². The van der Waals surface area contributed by atoms with Gasteiger partial charge < -0.3 is 18.9 Å². The van der Waals surface area contributed by atoms with Gasteiger partial charge in [-0.3, -0.25) is 0 Å². The number of rotatable bonds is 7. The minimum absolute atomic E-state index is 0.214. The Bertz CT molecular complexity index is 506. The van der Waals surface area contributed by atoms with Crippen molar-refractivity contribution in [1.82, 2.24) is 0 Å². The monoisotopic (exact) mass is 304 g/mol. The molecule has 2 rings (SSSR count). The first kappa shape index (κ1) is 16.7. The molecule has 1 aliphatic rings. The number of methoxy groups -OCH3 is 1. The van der Waals surface area contributed by atoms with Crippen LogP contribution in [-0.4, -0.2) is 31.2 Å². The Balaban J connectivity index is 1.99. The summed E-state index contributed by atoms with van der Waals surface area (Å²) in [6.07, 6.45) is 2.76. The van der Waals surface area contributed by atoms with E-state index in [0.717, 1.165) is 11.3 Å². The van der Waals surface area contributed by atoms with Gasteiger partial charge in [0.05, 0.1) is 13.7 Å². The van der Waals surface area contributed by atoms with Gasteiger partial charge in [-0.2, -0.15) is 0 Å². The SMILES string of the molecule is C=C[C@H](OCc1ccc(OC)cc1)[C@H]1OC(C)(C)O[C@H]1C=C. The Morgan fingerprint density at radius 2 is 1.91 bits per heavy atom. The molecule has 3 atom stereocenters. The van der Waals surface area contributed by atoms with Crippen molar-refractivity contribution in [2.24, 2.45) is 0 Å². The van der Waals surface area contributed by atoms with Crippen molar-refractivity contribution in [3.05, 3.63) is 55.1 Å². The molecule has 1 aromatic carbocycles. The minimum atomic E-state index is -0.645. The Morgan fingerprint density at radius 1 is 1.23 bits per heavy atom. The summed E-state index contributed by atoms with van der Waals surface area (Å²) in [5.41, 5.74) is 1.06. The first-order valence-electron chi connectivity index (χ1n) is 7.34. The van der Waals surface area contributed by atoms with Crippen molar-refractivity contribution in [3.63, 3.8) is 0 Å². The van der Waals surface area contributed by atoms with Crippen molar-refractivity contribution in [2.45, 2.75) is 44.6 Å². The molecule has 0 saturated carbocycles. The molecular formula is C18H24O4. The van der Waals surface area contributed by atoms with E-state index in [9.17, 15) is 0 Å². The Morgan fingerprint density at radius 3 is 2.45 bits per heavy atom. The molecule has 1 heterocycles. The highest BCUT2D eigenvalue weighted by molar-refractivity contribution is 5.26. The van der Waals surface area contributed by atoms with Gasteiger partial charge in [-0.05, 0) is 31.5 Å². The van der Waals surface area contributed by atoms with Crippen LogP contribution in [-0.2, 0) is 20.8 Å². The summed E-state index contributed by atoms with van der Waals surface area (Å²) in [5, 5.41) is 0. The van der Waals surface area contributed by atoms with Gasteiger partial charge in [-0.1, -0.05) is 24.3 Å². The first-order valence-corrected chi connectivity index (χ1v) is 7.34. The molecule has 0 N–H and O–H groups in total. The van der Waals surface area contributed by atoms with Crippen LogP contribution in [0.1, 0.15) is 19.4 Å². The smallest absolute Gasteiger partial charge is 0.164 e. The summed E-state index contributed by atoms with van der Waals surface area (Å²) in [4.78, 5) is 0. The van der Waals surface area contributed by atoms with Crippen LogP contribution in [0.2, 0.25) is 0 Å². The van der Waals surface area contributed by atoms with Gasteiger partial charge in [0.15, 0.2) is 5.79 Å². The standard InChI is InChI=1S/C18H24O4/c1-6-15(17-16(7-2)21-18(3,4)22-17)20-12-13-8-10-14(19-5)11-9-13/h6-11,15-17H,1-2,12H2,3-5H3/t15-,16-,17+/m0/s1. The van der Waals surface area contributed by atoms with Gasteiger partial charge in [-0.15, -0.1) is 13.2 Å². The second-order valence-electron chi connectivity index (χ2n) is 5.66. The molecule has 0 unspecified atom stereocenters. The van der Waals surface area contributed by atoms with Crippen LogP contribution in [0, 0.1) is 0 Å². The molecule has 1 saturated heterocycles. The predicted octanol–water partition coefficient (Wildman–Crippen LogP) is 3.47. The fourth-order valence-corrected chi connectivity index (χ4v) is 2.46. The van der Waals surface area contributed by atoms with Crippen LogP contribution in [0.4, 0.5) is 0 Å². The van der Waals surface area contributed by atoms with Crippen molar-refractivity contribution >= 4 is 0 Å². The number of hydrogen-bond acceptors (Lipinski definition) is 4. The largest absolute Gasteiger partial charge is 0.497 e. The Kier molecular flexibility index (Phi) is 5.40. The fraction of sp³-hybridized carbons (Fsp3) is 0.444. The van der Waals surface area contributed by atoms with Crippen molar-refractivity contribution in [3.8, 4) is 5.75 Å². The molecule has 4 nitrogen and oxygen atoms in total. The number of benzene rings is 1. The summed E-state index contributed by atoms with van der Waals surface area (Å²) in [5.74, 6) is 0.180. The van der Waals surface area contributed by atoms with Crippen LogP contribution >= 0.6 is 0 Å². The maximum absolute atomic E-state index is 5.95. The van der Waals surface area contributed by atoms with E-state index >= 15 is 0 Å². The van der Waals surface area contributed by atoms with Crippen LogP contribution in [0.15, 0.2) is 49.6 Å². The van der Waals surface area contributed by atoms with E-state index < -0.39 is 5.79 Å². The zero-order valence-corrected chi connectivity index (χ0v) is 13.5. The number of hydrogen-bond donors (Lipinski definition) is 0. The number of ether oxygens (including phenoxy) is 4. The van der Waals surface area contributed by atoms with Gasteiger partial charge in [0.1, 0.15) is 24.1 Å². The molecule has 1 aromatic rings. The van der Waals surface area contributed by atoms with E-state index in [1.807, 2.05) is 38.1 Å². The molecule has 0 amide bonds. The summed E-state index contributed by atoms with van der Waals surface area (Å²) < 4.78 is 22.8. The molecule has 0 radical (unpaired) electrons. The van der Waals surface area contributed by atoms with Crippen molar-refractivity contribution in [1.29, 1.82) is 0 Å². The third-order valence-electron chi connectivity index (χ3n) is 3.55. The third kappa shape index (κ3) is 3.97. The lowest BCUT2D eigenvalue weighted by atomic mass is 10.1. The maximum Gasteiger partial charge on any atom is 0.164 e. The second kappa shape index (κ2) is 7.09. The summed E-state index contributed by atoms with van der Waals surface area (Å²) in [7, 11) is 1.65. The molecule has 0 aliphatic carbocycles. The zero-order chi connectivity index (χ0) is 16.2. The van der Waals surface area contributed by atoms with Crippen molar-refractivity contribution in [2.75, 3.05) is 7.11 Å². The lowest BCUT2D eigenvalue weighted by molar-refractivity contribution is -0.154. The topological polar surface area (TPSA) is 36.9 Å². The highest BCUT2D eigenvalue weighted by Crippen LogP contribution is 2.32. The molecular weight excluding hydrogens is 280 g/mol. The average molecular weight is 304 g/mol. The molecule has 0 bridgehead atoms. The molecule has 0 spiro atoms. The lowest BCUT2D eigenvalue weighted by Crippen LogP contribution is -2.35. The average Bonchev–Trinajstić information content (AvgIpc) is 2.83. The third-order valence-corrected chi connectivity index (χ3v) is 3.55. The summed E-state index contributed by atoms with van der Waals surface area (Å²) >= 11 is 0. The molecule has 1 aliphatic heterocycles. The van der Waals surface area contributed by atoms with Gasteiger partial charge in [0.2, 0.25) is 0 Å². The molecule has 120 valence electrons. The van der Waals surface area contributed by atoms with E-state index in [2.05, 4.69) is 13.2 Å². The second-order valence-corrected chi connectivity index (χ2v) is 5.66. The molecule has 1 fully saturated rings. The predicted molar refractivity (Wildman–Crippen MR) is 85.8 cm³/mol. The van der Waals surface area contributed by atoms with Crippen LogP contribution in [0.5, 0.6) is 5.75 Å². The van der Waals surface area contributed by atoms with Gasteiger partial charge in [0.25, 0.3) is 0 Å². The highest BCUT2D eigenvalue weighted by Gasteiger charge is 2.43. The lowest BCUT2D eigenvalue weighted by Gasteiger charge is -2.23. The Labute approximate surface area is 132 Å². The van der Waals surface area contributed by atoms with Crippen LogP contribution in [0.3, 0.4) is 0 Å². The molecule has 4 heteroatoms. The fourth-order valence-electron chi connectivity index (χ4n) is 2.46. The van der Waals surface area contributed by atoms with E-state index in [0.29, 0.717) is 6.61 Å². The molecule has 22 heavy (non-hydrogen) atoms. The van der Waals surface area contributed by atoms with Gasteiger partial charge in [0, 0.05) is 0 Å².